The van der Waals surface area contributed by atoms with Crippen LogP contribution in [-0.2, 0) is 0 Å². The van der Waals surface area contributed by atoms with Gasteiger partial charge in [-0.25, -0.2) is 4.98 Å². The fourth-order valence-electron chi connectivity index (χ4n) is 4.20. The summed E-state index contributed by atoms with van der Waals surface area (Å²) >= 11 is 1.48. The van der Waals surface area contributed by atoms with E-state index in [9.17, 15) is 4.79 Å². The van der Waals surface area contributed by atoms with Crippen molar-refractivity contribution < 1.29 is 0 Å². The molecule has 2 aromatic heterocycles. The van der Waals surface area contributed by atoms with Gasteiger partial charge in [-0.05, 0) is 44.0 Å². The first-order chi connectivity index (χ1) is 16.1. The Bertz CT molecular complexity index is 1340. The highest BCUT2D eigenvalue weighted by molar-refractivity contribution is 7.99. The molecule has 0 saturated heterocycles. The molecule has 1 aliphatic carbocycles. The van der Waals surface area contributed by atoms with Gasteiger partial charge >= 0.3 is 0 Å². The first-order valence-electron chi connectivity index (χ1n) is 11.1. The van der Waals surface area contributed by atoms with E-state index in [4.69, 9.17) is 10.7 Å². The average molecular weight is 460 g/mol. The second kappa shape index (κ2) is 9.19. The minimum atomic E-state index is -0.188. The summed E-state index contributed by atoms with van der Waals surface area (Å²) in [6, 6.07) is 17.3. The van der Waals surface area contributed by atoms with Gasteiger partial charge in [0, 0.05) is 11.7 Å². The molecule has 8 nitrogen and oxygen atoms in total. The zero-order valence-corrected chi connectivity index (χ0v) is 19.1. The van der Waals surface area contributed by atoms with E-state index >= 15 is 0 Å². The first kappa shape index (κ1) is 21.4. The van der Waals surface area contributed by atoms with Gasteiger partial charge in [0.2, 0.25) is 11.9 Å². The van der Waals surface area contributed by atoms with Gasteiger partial charge < -0.3 is 11.1 Å². The zero-order valence-electron chi connectivity index (χ0n) is 18.3. The van der Waals surface area contributed by atoms with E-state index < -0.39 is 0 Å². The molecular formula is C24H25N7OS. The Kier molecular flexibility index (Phi) is 5.95. The van der Waals surface area contributed by atoms with Crippen LogP contribution in [0.5, 0.6) is 0 Å². The summed E-state index contributed by atoms with van der Waals surface area (Å²) < 4.78 is 1.88. The summed E-state index contributed by atoms with van der Waals surface area (Å²) in [5, 5.41) is 4.33. The average Bonchev–Trinajstić information content (AvgIpc) is 3.34. The number of rotatable bonds is 6. The smallest absolute Gasteiger partial charge is 0.262 e. The van der Waals surface area contributed by atoms with Crippen LogP contribution in [-0.4, -0.2) is 24.5 Å². The monoisotopic (exact) mass is 459 g/mol. The van der Waals surface area contributed by atoms with Gasteiger partial charge in [-0.2, -0.15) is 15.0 Å². The summed E-state index contributed by atoms with van der Waals surface area (Å²) in [6.07, 6.45) is 4.24. The zero-order chi connectivity index (χ0) is 22.8. The van der Waals surface area contributed by atoms with Crippen LogP contribution in [0.2, 0.25) is 0 Å². The molecule has 0 amide bonds. The third kappa shape index (κ3) is 4.54. The summed E-state index contributed by atoms with van der Waals surface area (Å²) in [5.74, 6) is 1.06. The topological polar surface area (TPSA) is 112 Å². The number of nitrogen functional groups attached to an aromatic ring is 1. The fraction of sp³-hybridized carbons (Fsp3) is 0.292. The Morgan fingerprint density at radius 1 is 1.00 bits per heavy atom. The lowest BCUT2D eigenvalue weighted by Gasteiger charge is -2.20. The molecule has 33 heavy (non-hydrogen) atoms. The van der Waals surface area contributed by atoms with Gasteiger partial charge in [-0.15, -0.1) is 0 Å². The van der Waals surface area contributed by atoms with E-state index in [1.54, 1.807) is 0 Å². The Balaban J connectivity index is 1.49. The van der Waals surface area contributed by atoms with Gasteiger partial charge in [0.15, 0.2) is 5.16 Å². The minimum absolute atomic E-state index is 0.0174. The molecule has 0 spiro atoms. The molecule has 5 rings (SSSR count). The van der Waals surface area contributed by atoms with E-state index in [0.29, 0.717) is 27.8 Å². The first-order valence-corrected chi connectivity index (χ1v) is 12.0. The van der Waals surface area contributed by atoms with Gasteiger partial charge in [-0.1, -0.05) is 54.9 Å². The van der Waals surface area contributed by atoms with Crippen LogP contribution in [0.3, 0.4) is 0 Å². The molecule has 2 aromatic carbocycles. The lowest BCUT2D eigenvalue weighted by atomic mass is 10.2. The highest BCUT2D eigenvalue weighted by Gasteiger charge is 2.25. The molecule has 3 N–H and O–H groups in total. The van der Waals surface area contributed by atoms with E-state index in [1.807, 2.05) is 66.1 Å². The maximum atomic E-state index is 13.4. The Morgan fingerprint density at radius 2 is 1.73 bits per heavy atom. The molecule has 1 unspecified atom stereocenters. The fourth-order valence-corrected chi connectivity index (χ4v) is 5.23. The summed E-state index contributed by atoms with van der Waals surface area (Å²) in [6.45, 7) is 1.99. The van der Waals surface area contributed by atoms with Crippen LogP contribution < -0.4 is 16.6 Å². The number of nitrogens with zero attached hydrogens (tertiary/aromatic N) is 5. The number of anilines is 3. The SMILES string of the molecule is CC(Sc1nc2ccccc2c(=O)n1C1CCCC1)c1nc(N)nc(Nc2ccccc2)n1. The van der Waals surface area contributed by atoms with Crippen molar-refractivity contribution in [2.45, 2.75) is 49.1 Å². The largest absolute Gasteiger partial charge is 0.368 e. The predicted octanol–water partition coefficient (Wildman–Crippen LogP) is 4.88. The quantitative estimate of drug-likeness (QED) is 0.310. The van der Waals surface area contributed by atoms with Crippen LogP contribution in [0.25, 0.3) is 10.9 Å². The molecule has 168 valence electrons. The number of thioether (sulfide) groups is 1. The molecule has 0 radical (unpaired) electrons. The van der Waals surface area contributed by atoms with E-state index in [1.165, 1.54) is 11.8 Å². The van der Waals surface area contributed by atoms with Crippen molar-refractivity contribution in [2.24, 2.45) is 0 Å². The number of aromatic nitrogens is 5. The van der Waals surface area contributed by atoms with Crippen molar-refractivity contribution in [3.8, 4) is 0 Å². The van der Waals surface area contributed by atoms with Gasteiger partial charge in [0.1, 0.15) is 5.82 Å². The molecule has 1 atom stereocenters. The molecule has 1 saturated carbocycles. The number of hydrogen-bond acceptors (Lipinski definition) is 8. The number of para-hydroxylation sites is 2. The van der Waals surface area contributed by atoms with Crippen molar-refractivity contribution in [2.75, 3.05) is 11.1 Å². The normalized spacial score (nSPS) is 15.1. The number of nitrogens with one attached hydrogen (secondary N) is 1. The van der Waals surface area contributed by atoms with Crippen LogP contribution >= 0.6 is 11.8 Å². The Hall–Kier alpha value is -3.46. The van der Waals surface area contributed by atoms with Crippen LogP contribution in [0.4, 0.5) is 17.6 Å². The van der Waals surface area contributed by atoms with Crippen molar-refractivity contribution in [3.05, 3.63) is 70.8 Å². The standard InChI is InChI=1S/C24H25N7OS/c1-15(20-28-22(25)30-23(29-20)26-16-9-3-2-4-10-16)33-24-27-19-14-8-7-13-18(19)21(32)31(24)17-11-5-6-12-17/h2-4,7-10,13-15,17H,5-6,11-12H2,1H3,(H3,25,26,28,29,30). The van der Waals surface area contributed by atoms with Crippen LogP contribution in [0.1, 0.15) is 49.7 Å². The maximum Gasteiger partial charge on any atom is 0.262 e. The number of hydrogen-bond donors (Lipinski definition) is 2. The van der Waals surface area contributed by atoms with Crippen molar-refractivity contribution in [3.63, 3.8) is 0 Å². The Labute approximate surface area is 195 Å². The molecular weight excluding hydrogens is 434 g/mol. The van der Waals surface area contributed by atoms with Gasteiger partial charge in [-0.3, -0.25) is 9.36 Å². The second-order valence-electron chi connectivity index (χ2n) is 8.15. The maximum absolute atomic E-state index is 13.4. The highest BCUT2D eigenvalue weighted by Crippen LogP contribution is 2.37. The number of benzene rings is 2. The van der Waals surface area contributed by atoms with Crippen LogP contribution in [0.15, 0.2) is 64.5 Å². The van der Waals surface area contributed by atoms with E-state index in [2.05, 4.69) is 20.3 Å². The van der Waals surface area contributed by atoms with Crippen molar-refractivity contribution in [1.29, 1.82) is 0 Å². The molecule has 1 fully saturated rings. The van der Waals surface area contributed by atoms with Crippen molar-refractivity contribution >= 4 is 40.2 Å². The van der Waals surface area contributed by atoms with Crippen LogP contribution in [0, 0.1) is 0 Å². The molecule has 2 heterocycles. The predicted molar refractivity (Wildman–Crippen MR) is 132 cm³/mol. The van der Waals surface area contributed by atoms with Gasteiger partial charge in [0.25, 0.3) is 5.56 Å². The van der Waals surface area contributed by atoms with E-state index in [-0.39, 0.29) is 22.8 Å². The van der Waals surface area contributed by atoms with E-state index in [0.717, 1.165) is 31.4 Å². The summed E-state index contributed by atoms with van der Waals surface area (Å²) in [7, 11) is 0. The molecule has 0 aliphatic heterocycles. The van der Waals surface area contributed by atoms with Crippen molar-refractivity contribution in [1.82, 2.24) is 24.5 Å². The third-order valence-corrected chi connectivity index (χ3v) is 6.87. The minimum Gasteiger partial charge on any atom is -0.368 e. The second-order valence-corrected chi connectivity index (χ2v) is 9.46. The molecule has 1 aliphatic rings. The number of nitrogens with two attached hydrogens (primary N) is 1. The highest BCUT2D eigenvalue weighted by atomic mass is 32.2. The van der Waals surface area contributed by atoms with Gasteiger partial charge in [0.05, 0.1) is 16.2 Å². The lowest BCUT2D eigenvalue weighted by molar-refractivity contribution is 0.457. The summed E-state index contributed by atoms with van der Waals surface area (Å²) in [5.41, 5.74) is 7.57. The molecule has 9 heteroatoms. The molecule has 0 bridgehead atoms. The molecule has 4 aromatic rings. The summed E-state index contributed by atoms with van der Waals surface area (Å²) in [4.78, 5) is 31.4. The third-order valence-electron chi connectivity index (χ3n) is 5.81. The Morgan fingerprint density at radius 3 is 2.52 bits per heavy atom. The number of fused-ring (bicyclic) bond motifs is 1. The lowest BCUT2D eigenvalue weighted by Crippen LogP contribution is -2.26.